The van der Waals surface area contributed by atoms with E-state index in [0.29, 0.717) is 18.8 Å². The Morgan fingerprint density at radius 1 is 0.971 bits per heavy atom. The number of benzene rings is 2. The van der Waals surface area contributed by atoms with Crippen LogP contribution in [0.4, 0.5) is 5.69 Å². The van der Waals surface area contributed by atoms with Gasteiger partial charge in [0.1, 0.15) is 0 Å². The molecular weight excluding hydrogens is 452 g/mol. The maximum absolute atomic E-state index is 13.3. The van der Waals surface area contributed by atoms with Crippen LogP contribution >= 0.6 is 0 Å². The summed E-state index contributed by atoms with van der Waals surface area (Å²) in [6.45, 7) is 3.68. The van der Waals surface area contributed by atoms with Crippen molar-refractivity contribution in [2.75, 3.05) is 18.9 Å². The highest BCUT2D eigenvalue weighted by Crippen LogP contribution is 2.19. The molecule has 3 rings (SSSR count). The van der Waals surface area contributed by atoms with E-state index in [1.54, 1.807) is 23.4 Å². The number of rotatable bonds is 9. The van der Waals surface area contributed by atoms with Crippen molar-refractivity contribution in [2.24, 2.45) is 0 Å². The minimum absolute atomic E-state index is 0.0367. The van der Waals surface area contributed by atoms with E-state index in [1.165, 1.54) is 38.2 Å². The Kier molecular flexibility index (Phi) is 8.14. The fourth-order valence-corrected chi connectivity index (χ4v) is 4.53. The van der Waals surface area contributed by atoms with Crippen molar-refractivity contribution >= 4 is 27.5 Å². The van der Waals surface area contributed by atoms with Gasteiger partial charge in [0, 0.05) is 45.1 Å². The second-order valence-electron chi connectivity index (χ2n) is 8.00. The number of sulfonamides is 1. The summed E-state index contributed by atoms with van der Waals surface area (Å²) in [6.07, 6.45) is 3.35. The molecule has 0 radical (unpaired) electrons. The Morgan fingerprint density at radius 2 is 1.68 bits per heavy atom. The average molecular weight is 481 g/mol. The quantitative estimate of drug-likeness (QED) is 0.507. The highest BCUT2D eigenvalue weighted by atomic mass is 32.2. The van der Waals surface area contributed by atoms with Gasteiger partial charge in [-0.2, -0.15) is 4.31 Å². The molecule has 0 spiro atoms. The van der Waals surface area contributed by atoms with Gasteiger partial charge < -0.3 is 10.2 Å². The molecule has 0 bridgehead atoms. The third kappa shape index (κ3) is 6.49. The number of likely N-dealkylation sites (N-methyl/N-ethyl adjacent to an activating group) is 1. The van der Waals surface area contributed by atoms with Crippen LogP contribution in [0.2, 0.25) is 0 Å². The number of hydrogen-bond acceptors (Lipinski definition) is 5. The summed E-state index contributed by atoms with van der Waals surface area (Å²) in [4.78, 5) is 30.2. The van der Waals surface area contributed by atoms with Crippen LogP contribution in [-0.2, 0) is 32.7 Å². The molecule has 9 heteroatoms. The molecule has 0 aliphatic carbocycles. The van der Waals surface area contributed by atoms with Crippen molar-refractivity contribution in [2.45, 2.75) is 31.8 Å². The van der Waals surface area contributed by atoms with Gasteiger partial charge in [-0.1, -0.05) is 30.3 Å². The smallest absolute Gasteiger partial charge is 0.243 e. The monoisotopic (exact) mass is 480 g/mol. The molecule has 2 aromatic carbocycles. The number of nitrogens with zero attached hydrogens (tertiary/aromatic N) is 3. The molecule has 0 aliphatic rings. The lowest BCUT2D eigenvalue weighted by atomic mass is 10.1. The predicted molar refractivity (Wildman–Crippen MR) is 130 cm³/mol. The lowest BCUT2D eigenvalue weighted by molar-refractivity contribution is -0.132. The lowest BCUT2D eigenvalue weighted by Gasteiger charge is -2.26. The molecule has 8 nitrogen and oxygen atoms in total. The van der Waals surface area contributed by atoms with Gasteiger partial charge in [0.15, 0.2) is 0 Å². The van der Waals surface area contributed by atoms with Gasteiger partial charge in [0.05, 0.1) is 11.4 Å². The number of aryl methyl sites for hydroxylation is 1. The van der Waals surface area contributed by atoms with E-state index in [-0.39, 0.29) is 23.3 Å². The molecule has 0 fully saturated rings. The first-order valence-electron chi connectivity index (χ1n) is 10.7. The summed E-state index contributed by atoms with van der Waals surface area (Å²) in [7, 11) is -2.53. The molecule has 0 atom stereocenters. The molecule has 1 aromatic heterocycles. The Labute approximate surface area is 200 Å². The van der Waals surface area contributed by atoms with E-state index in [1.807, 2.05) is 37.3 Å². The number of aromatic nitrogens is 1. The molecule has 0 saturated carbocycles. The summed E-state index contributed by atoms with van der Waals surface area (Å²) in [5, 5.41) is 2.60. The fraction of sp³-hybridized carbons (Fsp3) is 0.240. The first kappa shape index (κ1) is 25.1. The molecule has 1 heterocycles. The number of carbonyl (C=O) groups is 2. The van der Waals surface area contributed by atoms with Crippen molar-refractivity contribution < 1.29 is 18.0 Å². The topological polar surface area (TPSA) is 99.7 Å². The van der Waals surface area contributed by atoms with Crippen LogP contribution in [0.15, 0.2) is 78.0 Å². The number of hydrogen-bond donors (Lipinski definition) is 1. The van der Waals surface area contributed by atoms with E-state index in [9.17, 15) is 18.0 Å². The molecule has 1 N–H and O–H groups in total. The van der Waals surface area contributed by atoms with Gasteiger partial charge in [-0.3, -0.25) is 14.6 Å². The van der Waals surface area contributed by atoms with Crippen LogP contribution in [0.5, 0.6) is 0 Å². The third-order valence-electron chi connectivity index (χ3n) is 5.31. The summed E-state index contributed by atoms with van der Waals surface area (Å²) in [6, 6.07) is 17.3. The second-order valence-corrected chi connectivity index (χ2v) is 10.0. The zero-order chi connectivity index (χ0) is 24.7. The zero-order valence-electron chi connectivity index (χ0n) is 19.4. The van der Waals surface area contributed by atoms with E-state index in [4.69, 9.17) is 0 Å². The Balaban J connectivity index is 1.78. The van der Waals surface area contributed by atoms with Gasteiger partial charge in [-0.25, -0.2) is 8.42 Å². The number of nitrogens with one attached hydrogen (secondary N) is 1. The molecule has 3 aromatic rings. The zero-order valence-corrected chi connectivity index (χ0v) is 20.2. The second kappa shape index (κ2) is 11.0. The van der Waals surface area contributed by atoms with Crippen molar-refractivity contribution in [3.8, 4) is 0 Å². The van der Waals surface area contributed by atoms with Gasteiger partial charge in [0.2, 0.25) is 21.8 Å². The fourth-order valence-electron chi connectivity index (χ4n) is 3.41. The summed E-state index contributed by atoms with van der Waals surface area (Å²) in [5.41, 5.74) is 3.38. The van der Waals surface area contributed by atoms with Crippen LogP contribution in [0.3, 0.4) is 0 Å². The molecule has 178 valence electrons. The highest BCUT2D eigenvalue weighted by Gasteiger charge is 2.26. The van der Waals surface area contributed by atoms with Gasteiger partial charge in [-0.15, -0.1) is 0 Å². The van der Waals surface area contributed by atoms with Crippen LogP contribution in [0.1, 0.15) is 23.6 Å². The molecule has 34 heavy (non-hydrogen) atoms. The number of amides is 2. The van der Waals surface area contributed by atoms with Crippen molar-refractivity contribution in [1.82, 2.24) is 14.2 Å². The summed E-state index contributed by atoms with van der Waals surface area (Å²) >= 11 is 0. The van der Waals surface area contributed by atoms with Crippen molar-refractivity contribution in [3.05, 3.63) is 89.7 Å². The van der Waals surface area contributed by atoms with E-state index in [2.05, 4.69) is 10.3 Å². The predicted octanol–water partition coefficient (Wildman–Crippen LogP) is 3.20. The standard InChI is InChI=1S/C25H28N4O4S/c1-19-7-4-5-9-22(19)17-29(16-21-8-6-14-26-15-21)25(31)18-28(3)34(32,33)24-12-10-23(11-13-24)27-20(2)30/h4-15H,16-18H2,1-3H3,(H,27,30). The van der Waals surface area contributed by atoms with E-state index < -0.39 is 10.0 Å². The van der Waals surface area contributed by atoms with Crippen molar-refractivity contribution in [3.63, 3.8) is 0 Å². The molecular formula is C25H28N4O4S. The van der Waals surface area contributed by atoms with E-state index in [0.717, 1.165) is 21.0 Å². The first-order chi connectivity index (χ1) is 16.2. The van der Waals surface area contributed by atoms with Gasteiger partial charge >= 0.3 is 0 Å². The number of pyridine rings is 1. The highest BCUT2D eigenvalue weighted by molar-refractivity contribution is 7.89. The number of anilines is 1. The van der Waals surface area contributed by atoms with Crippen LogP contribution < -0.4 is 5.32 Å². The average Bonchev–Trinajstić information content (AvgIpc) is 2.80. The lowest BCUT2D eigenvalue weighted by Crippen LogP contribution is -2.40. The minimum Gasteiger partial charge on any atom is -0.333 e. The Morgan fingerprint density at radius 3 is 2.29 bits per heavy atom. The maximum Gasteiger partial charge on any atom is 0.243 e. The van der Waals surface area contributed by atoms with Crippen LogP contribution in [0.25, 0.3) is 0 Å². The van der Waals surface area contributed by atoms with Crippen LogP contribution in [0, 0.1) is 6.92 Å². The molecule has 0 unspecified atom stereocenters. The summed E-state index contributed by atoms with van der Waals surface area (Å²) in [5.74, 6) is -0.575. The SMILES string of the molecule is CC(=O)Nc1ccc(S(=O)(=O)N(C)CC(=O)N(Cc2cccnc2)Cc2ccccc2C)cc1. The van der Waals surface area contributed by atoms with Crippen LogP contribution in [-0.4, -0.2) is 48.0 Å². The normalized spacial score (nSPS) is 11.3. The first-order valence-corrected chi connectivity index (χ1v) is 12.2. The van der Waals surface area contributed by atoms with Gasteiger partial charge in [0.25, 0.3) is 0 Å². The number of carbonyl (C=O) groups excluding carboxylic acids is 2. The Hall–Kier alpha value is -3.56. The van der Waals surface area contributed by atoms with Gasteiger partial charge in [-0.05, 0) is 53.9 Å². The summed E-state index contributed by atoms with van der Waals surface area (Å²) < 4.78 is 27.1. The maximum atomic E-state index is 13.3. The molecule has 0 aliphatic heterocycles. The van der Waals surface area contributed by atoms with E-state index >= 15 is 0 Å². The molecule has 2 amide bonds. The minimum atomic E-state index is -3.91. The Bertz CT molecular complexity index is 1250. The molecule has 0 saturated heterocycles. The third-order valence-corrected chi connectivity index (χ3v) is 7.13. The largest absolute Gasteiger partial charge is 0.333 e. The van der Waals surface area contributed by atoms with Crippen molar-refractivity contribution in [1.29, 1.82) is 0 Å².